The van der Waals surface area contributed by atoms with E-state index < -0.39 is 12.0 Å². The molecule has 6 nitrogen and oxygen atoms in total. The van der Waals surface area contributed by atoms with E-state index in [2.05, 4.69) is 0 Å². The first kappa shape index (κ1) is 13.8. The van der Waals surface area contributed by atoms with Gasteiger partial charge in [-0.15, -0.1) is 11.8 Å². The van der Waals surface area contributed by atoms with E-state index in [0.717, 1.165) is 0 Å². The number of hydrogen-bond donors (Lipinski definition) is 1. The molecule has 19 heavy (non-hydrogen) atoms. The number of carbonyl (C=O) groups excluding carboxylic acids is 1. The number of carboxylic acid groups (broad SMARTS) is 1. The molecule has 1 N–H and O–H groups in total. The van der Waals surface area contributed by atoms with Gasteiger partial charge < -0.3 is 14.4 Å². The van der Waals surface area contributed by atoms with Crippen LogP contribution in [-0.4, -0.2) is 51.1 Å². The fraction of sp³-hybridized carbons (Fsp3) is 0.500. The highest BCUT2D eigenvalue weighted by Crippen LogP contribution is 2.29. The molecule has 7 heteroatoms. The molecule has 0 aliphatic carbocycles. The number of carbonyl (C=O) groups is 2. The summed E-state index contributed by atoms with van der Waals surface area (Å²) in [5.74, 6) is 0.135. The van der Waals surface area contributed by atoms with Crippen LogP contribution in [-0.2, 0) is 11.3 Å². The second-order valence-electron chi connectivity index (χ2n) is 4.41. The Morgan fingerprint density at radius 3 is 2.95 bits per heavy atom. The highest BCUT2D eigenvalue weighted by Gasteiger charge is 2.40. The van der Waals surface area contributed by atoms with Crippen LogP contribution in [0.15, 0.2) is 22.8 Å². The van der Waals surface area contributed by atoms with Crippen molar-refractivity contribution in [2.45, 2.75) is 24.9 Å². The maximum absolute atomic E-state index is 12.3. The maximum Gasteiger partial charge on any atom is 0.327 e. The van der Waals surface area contributed by atoms with Gasteiger partial charge in [-0.3, -0.25) is 4.90 Å². The van der Waals surface area contributed by atoms with Crippen LogP contribution in [0.3, 0.4) is 0 Å². The van der Waals surface area contributed by atoms with Crippen LogP contribution in [0.4, 0.5) is 4.79 Å². The summed E-state index contributed by atoms with van der Waals surface area (Å²) < 4.78 is 5.18. The molecular weight excluding hydrogens is 268 g/mol. The summed E-state index contributed by atoms with van der Waals surface area (Å²) in [6, 6.07) is 2.48. The van der Waals surface area contributed by atoms with E-state index in [1.807, 2.05) is 6.92 Å². The quantitative estimate of drug-likeness (QED) is 0.914. The van der Waals surface area contributed by atoms with Crippen LogP contribution in [0, 0.1) is 0 Å². The summed E-state index contributed by atoms with van der Waals surface area (Å²) in [6.07, 6.45) is 1.54. The first-order valence-electron chi connectivity index (χ1n) is 5.91. The third kappa shape index (κ3) is 2.86. The van der Waals surface area contributed by atoms with Gasteiger partial charge in [-0.05, 0) is 19.1 Å². The fourth-order valence-electron chi connectivity index (χ4n) is 2.02. The van der Waals surface area contributed by atoms with E-state index in [1.165, 1.54) is 21.6 Å². The Hall–Kier alpha value is -1.63. The summed E-state index contributed by atoms with van der Waals surface area (Å²) in [5.41, 5.74) is 0. The number of urea groups is 1. The average molecular weight is 284 g/mol. The van der Waals surface area contributed by atoms with Crippen LogP contribution in [0.5, 0.6) is 0 Å². The highest BCUT2D eigenvalue weighted by atomic mass is 32.2. The molecule has 2 rings (SSSR count). The molecule has 104 valence electrons. The zero-order valence-corrected chi connectivity index (χ0v) is 11.6. The van der Waals surface area contributed by atoms with Crippen molar-refractivity contribution in [2.24, 2.45) is 0 Å². The van der Waals surface area contributed by atoms with Gasteiger partial charge in [0.05, 0.1) is 18.2 Å². The predicted octanol–water partition coefficient (Wildman–Crippen LogP) is 1.68. The third-order valence-electron chi connectivity index (χ3n) is 3.03. The van der Waals surface area contributed by atoms with Crippen LogP contribution >= 0.6 is 11.8 Å². The molecule has 0 spiro atoms. The molecule has 2 unspecified atom stereocenters. The third-order valence-corrected chi connectivity index (χ3v) is 4.25. The van der Waals surface area contributed by atoms with Crippen molar-refractivity contribution in [3.8, 4) is 0 Å². The standard InChI is InChI=1S/C12H16N2O4S/c1-8-14(10(7-19-8)11(15)16)12(17)13(2)6-9-4-3-5-18-9/h3-5,8,10H,6-7H2,1-2H3,(H,15,16). The summed E-state index contributed by atoms with van der Waals surface area (Å²) in [6.45, 7) is 2.16. The van der Waals surface area contributed by atoms with Gasteiger partial charge in [-0.25, -0.2) is 9.59 Å². The fourth-order valence-corrected chi connectivity index (χ4v) is 3.19. The number of carboxylic acids is 1. The molecule has 2 amide bonds. The van der Waals surface area contributed by atoms with E-state index in [9.17, 15) is 9.59 Å². The lowest BCUT2D eigenvalue weighted by molar-refractivity contribution is -0.141. The number of aliphatic carboxylic acids is 1. The summed E-state index contributed by atoms with van der Waals surface area (Å²) in [4.78, 5) is 26.4. The first-order valence-corrected chi connectivity index (χ1v) is 6.96. The zero-order valence-electron chi connectivity index (χ0n) is 10.8. The maximum atomic E-state index is 12.3. The van der Waals surface area contributed by atoms with Crippen molar-refractivity contribution >= 4 is 23.8 Å². The van der Waals surface area contributed by atoms with Crippen molar-refractivity contribution in [3.05, 3.63) is 24.2 Å². The number of amides is 2. The normalized spacial score (nSPS) is 22.5. The second kappa shape index (κ2) is 5.56. The van der Waals surface area contributed by atoms with Crippen molar-refractivity contribution in [3.63, 3.8) is 0 Å². The van der Waals surface area contributed by atoms with E-state index in [1.54, 1.807) is 25.4 Å². The van der Waals surface area contributed by atoms with E-state index in [4.69, 9.17) is 9.52 Å². The Kier molecular flexibility index (Phi) is 4.04. The SMILES string of the molecule is CC1SCC(C(=O)O)N1C(=O)N(C)Cc1ccco1. The van der Waals surface area contributed by atoms with Gasteiger partial charge in [0.1, 0.15) is 11.8 Å². The lowest BCUT2D eigenvalue weighted by Crippen LogP contribution is -2.49. The molecule has 1 aliphatic rings. The Balaban J connectivity index is 2.06. The summed E-state index contributed by atoms with van der Waals surface area (Å²) in [7, 11) is 1.64. The highest BCUT2D eigenvalue weighted by molar-refractivity contribution is 8.00. The Labute approximate surface area is 115 Å². The van der Waals surface area contributed by atoms with Crippen molar-refractivity contribution in [1.82, 2.24) is 9.80 Å². The smallest absolute Gasteiger partial charge is 0.327 e. The Morgan fingerprint density at radius 1 is 1.63 bits per heavy atom. The molecular formula is C12H16N2O4S. The van der Waals surface area contributed by atoms with Gasteiger partial charge in [0.25, 0.3) is 0 Å². The van der Waals surface area contributed by atoms with Crippen molar-refractivity contribution < 1.29 is 19.1 Å². The van der Waals surface area contributed by atoms with Crippen molar-refractivity contribution in [1.29, 1.82) is 0 Å². The van der Waals surface area contributed by atoms with Gasteiger partial charge in [-0.2, -0.15) is 0 Å². The second-order valence-corrected chi connectivity index (χ2v) is 5.76. The van der Waals surface area contributed by atoms with Gasteiger partial charge in [0, 0.05) is 12.8 Å². The van der Waals surface area contributed by atoms with E-state index in [-0.39, 0.29) is 11.4 Å². The Bertz CT molecular complexity index is 462. The zero-order chi connectivity index (χ0) is 14.0. The molecule has 0 bridgehead atoms. The average Bonchev–Trinajstić information content (AvgIpc) is 2.97. The molecule has 1 saturated heterocycles. The molecule has 0 aromatic carbocycles. The molecule has 1 aromatic rings. The number of hydrogen-bond acceptors (Lipinski definition) is 4. The van der Waals surface area contributed by atoms with Crippen LogP contribution < -0.4 is 0 Å². The van der Waals surface area contributed by atoms with Crippen LogP contribution in [0.25, 0.3) is 0 Å². The molecule has 0 radical (unpaired) electrons. The van der Waals surface area contributed by atoms with Crippen LogP contribution in [0.2, 0.25) is 0 Å². The lowest BCUT2D eigenvalue weighted by atomic mass is 10.3. The first-order chi connectivity index (χ1) is 9.00. The minimum Gasteiger partial charge on any atom is -0.480 e. The van der Waals surface area contributed by atoms with Gasteiger partial charge in [-0.1, -0.05) is 0 Å². The molecule has 2 heterocycles. The van der Waals surface area contributed by atoms with Gasteiger partial charge in [0.2, 0.25) is 0 Å². The van der Waals surface area contributed by atoms with E-state index in [0.29, 0.717) is 18.1 Å². The topological polar surface area (TPSA) is 74.0 Å². The summed E-state index contributed by atoms with van der Waals surface area (Å²) in [5, 5.41) is 9.01. The molecule has 1 aromatic heterocycles. The predicted molar refractivity (Wildman–Crippen MR) is 70.8 cm³/mol. The summed E-state index contributed by atoms with van der Waals surface area (Å²) >= 11 is 1.47. The Morgan fingerprint density at radius 2 is 2.37 bits per heavy atom. The van der Waals surface area contributed by atoms with Crippen molar-refractivity contribution in [2.75, 3.05) is 12.8 Å². The van der Waals surface area contributed by atoms with Crippen LogP contribution in [0.1, 0.15) is 12.7 Å². The monoisotopic (exact) mass is 284 g/mol. The number of rotatable bonds is 3. The molecule has 1 fully saturated rings. The molecule has 2 atom stereocenters. The molecule has 1 aliphatic heterocycles. The minimum atomic E-state index is -0.961. The number of furan rings is 1. The molecule has 0 saturated carbocycles. The number of nitrogens with zero attached hydrogens (tertiary/aromatic N) is 2. The van der Waals surface area contributed by atoms with E-state index >= 15 is 0 Å². The largest absolute Gasteiger partial charge is 0.480 e. The lowest BCUT2D eigenvalue weighted by Gasteiger charge is -2.29. The number of thioether (sulfide) groups is 1. The van der Waals surface area contributed by atoms with Gasteiger partial charge >= 0.3 is 12.0 Å². The minimum absolute atomic E-state index is 0.132. The van der Waals surface area contributed by atoms with Gasteiger partial charge in [0.15, 0.2) is 0 Å².